The van der Waals surface area contributed by atoms with Crippen LogP contribution in [0.15, 0.2) is 24.8 Å². The first-order chi connectivity index (χ1) is 7.95. The Morgan fingerprint density at radius 3 is 2.82 bits per heavy atom. The molecular weight excluding hydrogens is 226 g/mol. The molecule has 0 fully saturated rings. The zero-order valence-corrected chi connectivity index (χ0v) is 9.47. The molecular formula is C12H14F2N2O. The second kappa shape index (κ2) is 5.43. The number of halogens is 2. The van der Waals surface area contributed by atoms with Crippen molar-refractivity contribution in [2.24, 2.45) is 0 Å². The van der Waals surface area contributed by atoms with E-state index in [1.165, 1.54) is 0 Å². The maximum absolute atomic E-state index is 13.5. The first-order valence-corrected chi connectivity index (χ1v) is 5.12. The maximum Gasteiger partial charge on any atom is 0.254 e. The van der Waals surface area contributed by atoms with Gasteiger partial charge in [-0.05, 0) is 25.5 Å². The Labute approximate surface area is 98.3 Å². The molecule has 0 aromatic heterocycles. The summed E-state index contributed by atoms with van der Waals surface area (Å²) in [5.41, 5.74) is 4.46. The van der Waals surface area contributed by atoms with Crippen molar-refractivity contribution in [1.82, 2.24) is 5.32 Å². The van der Waals surface area contributed by atoms with Gasteiger partial charge in [0.2, 0.25) is 0 Å². The van der Waals surface area contributed by atoms with Crippen molar-refractivity contribution < 1.29 is 13.6 Å². The molecule has 0 aliphatic rings. The standard InChI is InChI=1S/C12H14F2N2O/c1-3-4-7(2)16-12(17)9-5-8(13)6-10(15)11(9)14/h3,5-7H,1,4,15H2,2H3,(H,16,17). The largest absolute Gasteiger partial charge is 0.396 e. The molecule has 3 nitrogen and oxygen atoms in total. The summed E-state index contributed by atoms with van der Waals surface area (Å²) in [6, 6.07) is 1.45. The summed E-state index contributed by atoms with van der Waals surface area (Å²) in [5, 5.41) is 2.52. The Hall–Kier alpha value is -1.91. The van der Waals surface area contributed by atoms with Crippen LogP contribution in [0, 0.1) is 11.6 Å². The Kier molecular flexibility index (Phi) is 4.20. The molecule has 3 N–H and O–H groups in total. The van der Waals surface area contributed by atoms with Crippen LogP contribution in [0.25, 0.3) is 0 Å². The van der Waals surface area contributed by atoms with E-state index in [1.54, 1.807) is 13.0 Å². The lowest BCUT2D eigenvalue weighted by molar-refractivity contribution is 0.0936. The highest BCUT2D eigenvalue weighted by Crippen LogP contribution is 2.17. The summed E-state index contributed by atoms with van der Waals surface area (Å²) in [4.78, 5) is 11.6. The summed E-state index contributed by atoms with van der Waals surface area (Å²) >= 11 is 0. The van der Waals surface area contributed by atoms with Gasteiger partial charge >= 0.3 is 0 Å². The summed E-state index contributed by atoms with van der Waals surface area (Å²) in [5.74, 6) is -2.34. The zero-order chi connectivity index (χ0) is 13.0. The van der Waals surface area contributed by atoms with Gasteiger partial charge in [0, 0.05) is 6.04 Å². The number of amides is 1. The van der Waals surface area contributed by atoms with Crippen molar-refractivity contribution in [3.8, 4) is 0 Å². The third kappa shape index (κ3) is 3.27. The number of rotatable bonds is 4. The fraction of sp³-hybridized carbons (Fsp3) is 0.250. The minimum Gasteiger partial charge on any atom is -0.396 e. The van der Waals surface area contributed by atoms with E-state index in [0.717, 1.165) is 12.1 Å². The van der Waals surface area contributed by atoms with Crippen molar-refractivity contribution >= 4 is 11.6 Å². The lowest BCUT2D eigenvalue weighted by Crippen LogP contribution is -2.32. The van der Waals surface area contributed by atoms with E-state index in [2.05, 4.69) is 11.9 Å². The fourth-order valence-electron chi connectivity index (χ4n) is 1.39. The molecule has 1 rings (SSSR count). The van der Waals surface area contributed by atoms with E-state index in [4.69, 9.17) is 5.73 Å². The molecule has 5 heteroatoms. The molecule has 0 aliphatic carbocycles. The molecule has 1 aromatic carbocycles. The number of nitrogens with two attached hydrogens (primary N) is 1. The number of anilines is 1. The second-order valence-corrected chi connectivity index (χ2v) is 3.76. The second-order valence-electron chi connectivity index (χ2n) is 3.76. The van der Waals surface area contributed by atoms with Crippen LogP contribution < -0.4 is 11.1 Å². The van der Waals surface area contributed by atoms with E-state index >= 15 is 0 Å². The van der Waals surface area contributed by atoms with Crippen LogP contribution in [0.1, 0.15) is 23.7 Å². The minimum atomic E-state index is -0.908. The topological polar surface area (TPSA) is 55.1 Å². The van der Waals surface area contributed by atoms with E-state index in [1.807, 2.05) is 0 Å². The van der Waals surface area contributed by atoms with Gasteiger partial charge in [0.25, 0.3) is 5.91 Å². The van der Waals surface area contributed by atoms with Gasteiger partial charge in [0.1, 0.15) is 5.82 Å². The molecule has 0 heterocycles. The highest BCUT2D eigenvalue weighted by atomic mass is 19.1. The molecule has 1 atom stereocenters. The molecule has 0 aliphatic heterocycles. The van der Waals surface area contributed by atoms with Crippen LogP contribution in [-0.4, -0.2) is 11.9 Å². The lowest BCUT2D eigenvalue weighted by Gasteiger charge is -2.12. The maximum atomic E-state index is 13.5. The normalized spacial score (nSPS) is 11.9. The molecule has 1 aromatic rings. The van der Waals surface area contributed by atoms with Gasteiger partial charge in [0.15, 0.2) is 5.82 Å². The highest BCUT2D eigenvalue weighted by Gasteiger charge is 2.17. The number of benzene rings is 1. The van der Waals surface area contributed by atoms with Gasteiger partial charge in [-0.15, -0.1) is 6.58 Å². The zero-order valence-electron chi connectivity index (χ0n) is 9.47. The van der Waals surface area contributed by atoms with Crippen molar-refractivity contribution in [3.05, 3.63) is 42.0 Å². The Balaban J connectivity index is 2.92. The first kappa shape index (κ1) is 13.2. The SMILES string of the molecule is C=CCC(C)NC(=O)c1cc(F)cc(N)c1F. The average molecular weight is 240 g/mol. The number of nitrogens with one attached hydrogen (secondary N) is 1. The van der Waals surface area contributed by atoms with Gasteiger partial charge in [-0.2, -0.15) is 0 Å². The van der Waals surface area contributed by atoms with E-state index in [9.17, 15) is 13.6 Å². The van der Waals surface area contributed by atoms with Crippen LogP contribution in [0.5, 0.6) is 0 Å². The lowest BCUT2D eigenvalue weighted by atomic mass is 10.1. The molecule has 17 heavy (non-hydrogen) atoms. The molecule has 0 spiro atoms. The Morgan fingerprint density at radius 1 is 1.59 bits per heavy atom. The summed E-state index contributed by atoms with van der Waals surface area (Å²) < 4.78 is 26.5. The molecule has 0 bridgehead atoms. The van der Waals surface area contributed by atoms with Gasteiger partial charge in [-0.25, -0.2) is 8.78 Å². The predicted octanol–water partition coefficient (Wildman–Crippen LogP) is 2.24. The van der Waals surface area contributed by atoms with Crippen molar-refractivity contribution in [1.29, 1.82) is 0 Å². The van der Waals surface area contributed by atoms with Crippen molar-refractivity contribution in [3.63, 3.8) is 0 Å². The molecule has 0 radical (unpaired) electrons. The minimum absolute atomic E-state index is 0.205. The molecule has 92 valence electrons. The summed E-state index contributed by atoms with van der Waals surface area (Å²) in [7, 11) is 0. The smallest absolute Gasteiger partial charge is 0.254 e. The summed E-state index contributed by atoms with van der Waals surface area (Å²) in [6.07, 6.45) is 2.17. The van der Waals surface area contributed by atoms with E-state index in [-0.39, 0.29) is 11.7 Å². The Morgan fingerprint density at radius 2 is 2.24 bits per heavy atom. The molecule has 0 saturated carbocycles. The first-order valence-electron chi connectivity index (χ1n) is 5.12. The number of hydrogen-bond acceptors (Lipinski definition) is 2. The number of carbonyl (C=O) groups is 1. The van der Waals surface area contributed by atoms with Crippen molar-refractivity contribution in [2.75, 3.05) is 5.73 Å². The summed E-state index contributed by atoms with van der Waals surface area (Å²) in [6.45, 7) is 5.26. The predicted molar refractivity (Wildman–Crippen MR) is 62.5 cm³/mol. The van der Waals surface area contributed by atoms with Gasteiger partial charge in [-0.3, -0.25) is 4.79 Å². The number of nitrogen functional groups attached to an aromatic ring is 1. The fourth-order valence-corrected chi connectivity index (χ4v) is 1.39. The van der Waals surface area contributed by atoms with E-state index < -0.39 is 23.1 Å². The molecule has 0 saturated heterocycles. The average Bonchev–Trinajstić information content (AvgIpc) is 2.23. The third-order valence-electron chi connectivity index (χ3n) is 2.21. The van der Waals surface area contributed by atoms with Crippen LogP contribution in [0.2, 0.25) is 0 Å². The van der Waals surface area contributed by atoms with Gasteiger partial charge in [0.05, 0.1) is 11.3 Å². The highest BCUT2D eigenvalue weighted by molar-refractivity contribution is 5.95. The third-order valence-corrected chi connectivity index (χ3v) is 2.21. The quantitative estimate of drug-likeness (QED) is 0.626. The molecule has 1 amide bonds. The van der Waals surface area contributed by atoms with Crippen LogP contribution in [0.4, 0.5) is 14.5 Å². The monoisotopic (exact) mass is 240 g/mol. The van der Waals surface area contributed by atoms with Crippen molar-refractivity contribution in [2.45, 2.75) is 19.4 Å². The number of carbonyl (C=O) groups excluding carboxylic acids is 1. The van der Waals surface area contributed by atoms with E-state index in [0.29, 0.717) is 6.42 Å². The van der Waals surface area contributed by atoms with Crippen LogP contribution in [-0.2, 0) is 0 Å². The number of hydrogen-bond donors (Lipinski definition) is 2. The van der Waals surface area contributed by atoms with Crippen LogP contribution in [0.3, 0.4) is 0 Å². The molecule has 1 unspecified atom stereocenters. The van der Waals surface area contributed by atoms with Gasteiger partial charge < -0.3 is 11.1 Å². The Bertz CT molecular complexity index is 446. The van der Waals surface area contributed by atoms with Gasteiger partial charge in [-0.1, -0.05) is 6.08 Å². The van der Waals surface area contributed by atoms with Crippen LogP contribution >= 0.6 is 0 Å².